The molecule has 0 aliphatic carbocycles. The number of pyridine rings is 1. The molecule has 9 heteroatoms. The van der Waals surface area contributed by atoms with E-state index < -0.39 is 0 Å². The van der Waals surface area contributed by atoms with E-state index in [2.05, 4.69) is 35.4 Å². The van der Waals surface area contributed by atoms with Crippen LogP contribution < -0.4 is 10.6 Å². The van der Waals surface area contributed by atoms with Crippen LogP contribution in [-0.2, 0) is 19.4 Å². The second-order valence-corrected chi connectivity index (χ2v) is 7.24. The molecule has 0 fully saturated rings. The van der Waals surface area contributed by atoms with Crippen LogP contribution in [0.15, 0.2) is 29.8 Å². The van der Waals surface area contributed by atoms with Crippen LogP contribution in [0, 0.1) is 0 Å². The van der Waals surface area contributed by atoms with Crippen LogP contribution in [0.2, 0.25) is 0 Å². The Morgan fingerprint density at radius 1 is 1.22 bits per heavy atom. The van der Waals surface area contributed by atoms with E-state index >= 15 is 0 Å². The number of nitrogens with zero attached hydrogens (tertiary/aromatic N) is 5. The van der Waals surface area contributed by atoms with Crippen molar-refractivity contribution >= 4 is 23.2 Å². The molecule has 0 aromatic carbocycles. The first kappa shape index (κ1) is 17.6. The summed E-state index contributed by atoms with van der Waals surface area (Å²) < 4.78 is 2.20. The Labute approximate surface area is 161 Å². The zero-order valence-electron chi connectivity index (χ0n) is 14.9. The lowest BCUT2D eigenvalue weighted by molar-refractivity contribution is 0.252. The Hall–Kier alpha value is -2.81. The van der Waals surface area contributed by atoms with Crippen LogP contribution >= 0.6 is 11.3 Å². The highest BCUT2D eigenvalue weighted by atomic mass is 32.1. The van der Waals surface area contributed by atoms with Gasteiger partial charge in [0.25, 0.3) is 0 Å². The van der Waals surface area contributed by atoms with Gasteiger partial charge < -0.3 is 9.88 Å². The van der Waals surface area contributed by atoms with Gasteiger partial charge in [-0.1, -0.05) is 12.5 Å². The summed E-state index contributed by atoms with van der Waals surface area (Å²) in [5, 5.41) is 16.8. The molecule has 3 aromatic heterocycles. The molecule has 0 atom stereocenters. The first-order valence-electron chi connectivity index (χ1n) is 9.12. The minimum atomic E-state index is -0.275. The smallest absolute Gasteiger partial charge is 0.320 e. The van der Waals surface area contributed by atoms with E-state index in [0.717, 1.165) is 41.7 Å². The van der Waals surface area contributed by atoms with Crippen LogP contribution in [0.5, 0.6) is 0 Å². The second-order valence-electron chi connectivity index (χ2n) is 6.38. The van der Waals surface area contributed by atoms with Crippen molar-refractivity contribution in [1.29, 1.82) is 0 Å². The lowest BCUT2D eigenvalue weighted by Gasteiger charge is -2.08. The van der Waals surface area contributed by atoms with Crippen molar-refractivity contribution in [2.75, 3.05) is 11.9 Å². The maximum Gasteiger partial charge on any atom is 0.320 e. The van der Waals surface area contributed by atoms with Gasteiger partial charge >= 0.3 is 6.03 Å². The maximum atomic E-state index is 12.1. The minimum Gasteiger partial charge on any atom is -0.337 e. The third-order valence-electron chi connectivity index (χ3n) is 4.45. The zero-order chi connectivity index (χ0) is 18.5. The fourth-order valence-electron chi connectivity index (χ4n) is 3.12. The number of hydrogen-bond donors (Lipinski definition) is 2. The van der Waals surface area contributed by atoms with Crippen molar-refractivity contribution in [2.45, 2.75) is 38.6 Å². The van der Waals surface area contributed by atoms with E-state index in [1.54, 1.807) is 6.20 Å². The van der Waals surface area contributed by atoms with Gasteiger partial charge in [0.2, 0.25) is 0 Å². The summed E-state index contributed by atoms with van der Waals surface area (Å²) in [6, 6.07) is 5.39. The number of aromatic nitrogens is 5. The number of amides is 2. The fraction of sp³-hybridized carbons (Fsp3) is 0.389. The van der Waals surface area contributed by atoms with Crippen molar-refractivity contribution in [3.63, 3.8) is 0 Å². The quantitative estimate of drug-likeness (QED) is 0.706. The maximum absolute atomic E-state index is 12.1. The Balaban J connectivity index is 1.28. The summed E-state index contributed by atoms with van der Waals surface area (Å²) in [7, 11) is 0. The number of aryl methyl sites for hydroxylation is 1. The molecule has 0 bridgehead atoms. The van der Waals surface area contributed by atoms with Crippen LogP contribution in [0.4, 0.5) is 10.6 Å². The lowest BCUT2D eigenvalue weighted by atomic mass is 10.2. The number of fused-ring (bicyclic) bond motifs is 1. The van der Waals surface area contributed by atoms with Gasteiger partial charge in [-0.15, -0.1) is 21.5 Å². The molecular formula is C18H21N7OS. The first-order valence-corrected chi connectivity index (χ1v) is 10.0. The van der Waals surface area contributed by atoms with E-state index in [9.17, 15) is 4.79 Å². The Morgan fingerprint density at radius 2 is 2.19 bits per heavy atom. The average molecular weight is 383 g/mol. The molecule has 4 rings (SSSR count). The van der Waals surface area contributed by atoms with Crippen LogP contribution in [0.25, 0.3) is 10.7 Å². The number of rotatable bonds is 5. The fourth-order valence-corrected chi connectivity index (χ4v) is 3.84. The molecule has 27 heavy (non-hydrogen) atoms. The Kier molecular flexibility index (Phi) is 5.38. The summed E-state index contributed by atoms with van der Waals surface area (Å²) in [6.07, 6.45) is 6.95. The van der Waals surface area contributed by atoms with Gasteiger partial charge in [-0.2, -0.15) is 0 Å². The molecule has 3 aromatic rings. The van der Waals surface area contributed by atoms with E-state index in [1.807, 2.05) is 23.6 Å². The molecular weight excluding hydrogens is 362 g/mol. The van der Waals surface area contributed by atoms with Crippen LogP contribution in [0.1, 0.15) is 30.9 Å². The molecule has 2 amide bonds. The minimum absolute atomic E-state index is 0.275. The summed E-state index contributed by atoms with van der Waals surface area (Å²) in [5.41, 5.74) is 0.795. The number of carbonyl (C=O) groups excluding carboxylic acids is 1. The summed E-state index contributed by atoms with van der Waals surface area (Å²) in [4.78, 5) is 20.8. The number of hydrogen-bond acceptors (Lipinski definition) is 6. The number of anilines is 1. The molecule has 0 spiro atoms. The number of nitrogens with one attached hydrogen (secondary N) is 2. The number of thiazole rings is 1. The third-order valence-corrected chi connectivity index (χ3v) is 5.31. The van der Waals surface area contributed by atoms with Gasteiger partial charge in [-0.25, -0.2) is 9.78 Å². The predicted octanol–water partition coefficient (Wildman–Crippen LogP) is 2.89. The van der Waals surface area contributed by atoms with Crippen LogP contribution in [-0.4, -0.2) is 37.3 Å². The second kappa shape index (κ2) is 8.26. The Bertz CT molecular complexity index is 906. The van der Waals surface area contributed by atoms with E-state index in [1.165, 1.54) is 24.2 Å². The topological polar surface area (TPSA) is 97.6 Å². The average Bonchev–Trinajstić information content (AvgIpc) is 3.23. The van der Waals surface area contributed by atoms with Gasteiger partial charge in [0, 0.05) is 37.5 Å². The van der Waals surface area contributed by atoms with Gasteiger partial charge in [0.1, 0.15) is 22.5 Å². The molecule has 4 heterocycles. The van der Waals surface area contributed by atoms with Crippen molar-refractivity contribution in [3.05, 3.63) is 41.4 Å². The molecule has 2 N–H and O–H groups in total. The normalized spacial score (nSPS) is 13.6. The van der Waals surface area contributed by atoms with Crippen molar-refractivity contribution in [1.82, 2.24) is 30.0 Å². The molecule has 1 aliphatic rings. The van der Waals surface area contributed by atoms with Crippen molar-refractivity contribution < 1.29 is 4.79 Å². The third kappa shape index (κ3) is 4.30. The summed E-state index contributed by atoms with van der Waals surface area (Å²) in [6.45, 7) is 1.47. The predicted molar refractivity (Wildman–Crippen MR) is 104 cm³/mol. The highest BCUT2D eigenvalue weighted by Crippen LogP contribution is 2.23. The van der Waals surface area contributed by atoms with Gasteiger partial charge in [-0.3, -0.25) is 10.3 Å². The lowest BCUT2D eigenvalue weighted by Crippen LogP contribution is -2.31. The SMILES string of the molecule is O=C(NCCc1nnc2n1CCCCC2)Nc1csc(-c2ccccn2)n1. The zero-order valence-corrected chi connectivity index (χ0v) is 15.7. The monoisotopic (exact) mass is 383 g/mol. The van der Waals surface area contributed by atoms with Crippen molar-refractivity contribution in [2.24, 2.45) is 0 Å². The first-order chi connectivity index (χ1) is 13.3. The number of urea groups is 1. The molecule has 0 saturated carbocycles. The van der Waals surface area contributed by atoms with Gasteiger partial charge in [0.15, 0.2) is 0 Å². The molecule has 0 unspecified atom stereocenters. The molecule has 140 valence electrons. The molecule has 0 radical (unpaired) electrons. The number of carbonyl (C=O) groups is 1. The van der Waals surface area contributed by atoms with Crippen LogP contribution in [0.3, 0.4) is 0 Å². The van der Waals surface area contributed by atoms with E-state index in [-0.39, 0.29) is 6.03 Å². The Morgan fingerprint density at radius 3 is 3.07 bits per heavy atom. The molecule has 1 aliphatic heterocycles. The summed E-state index contributed by atoms with van der Waals surface area (Å²) in [5.74, 6) is 2.53. The molecule has 8 nitrogen and oxygen atoms in total. The van der Waals surface area contributed by atoms with Gasteiger partial charge in [0.05, 0.1) is 5.69 Å². The summed E-state index contributed by atoms with van der Waals surface area (Å²) >= 11 is 1.45. The molecule has 0 saturated heterocycles. The highest BCUT2D eigenvalue weighted by molar-refractivity contribution is 7.13. The highest BCUT2D eigenvalue weighted by Gasteiger charge is 2.14. The standard InChI is InChI=1S/C18H21N7OS/c26-18(22-14-12-27-17(21-14)13-6-3-4-9-19-13)20-10-8-16-24-23-15-7-2-1-5-11-25(15)16/h3-4,6,9,12H,1-2,5,7-8,10-11H2,(H2,20,22,26). The van der Waals surface area contributed by atoms with Gasteiger partial charge in [-0.05, 0) is 25.0 Å². The van der Waals surface area contributed by atoms with Crippen molar-refractivity contribution in [3.8, 4) is 10.7 Å². The van der Waals surface area contributed by atoms with E-state index in [0.29, 0.717) is 18.8 Å². The largest absolute Gasteiger partial charge is 0.337 e. The van der Waals surface area contributed by atoms with E-state index in [4.69, 9.17) is 0 Å².